The maximum Gasteiger partial charge on any atom is 0.186 e. The Hall–Kier alpha value is -0.710. The number of hydrogen-bond acceptors (Lipinski definition) is 4. The molecule has 0 radical (unpaired) electrons. The van der Waals surface area contributed by atoms with Gasteiger partial charge in [-0.2, -0.15) is 0 Å². The van der Waals surface area contributed by atoms with E-state index < -0.39 is 0 Å². The Bertz CT molecular complexity index is 337. The van der Waals surface area contributed by atoms with E-state index >= 15 is 0 Å². The van der Waals surface area contributed by atoms with E-state index in [1.807, 2.05) is 17.5 Å². The molecule has 0 bridgehead atoms. The average molecular weight is 238 g/mol. The van der Waals surface area contributed by atoms with Gasteiger partial charge < -0.3 is 11.1 Å². The van der Waals surface area contributed by atoms with E-state index in [1.165, 1.54) is 24.2 Å². The van der Waals surface area contributed by atoms with Crippen molar-refractivity contribution in [3.8, 4) is 0 Å². The highest BCUT2D eigenvalue weighted by molar-refractivity contribution is 7.12. The number of Topliss-reactive ketones (excluding diaryl/α,β-unsaturated/α-hetero) is 1. The van der Waals surface area contributed by atoms with Gasteiger partial charge in [0.1, 0.15) is 0 Å². The number of nitrogens with two attached hydrogens (primary N) is 1. The molecule has 1 aromatic heterocycles. The van der Waals surface area contributed by atoms with E-state index in [1.54, 1.807) is 0 Å². The van der Waals surface area contributed by atoms with Crippen molar-refractivity contribution < 1.29 is 4.79 Å². The lowest BCUT2D eigenvalue weighted by molar-refractivity contribution is 0.0987. The van der Waals surface area contributed by atoms with Crippen molar-refractivity contribution in [2.75, 3.05) is 6.54 Å². The molecule has 1 aromatic rings. The lowest BCUT2D eigenvalue weighted by Gasteiger charge is -2.29. The van der Waals surface area contributed by atoms with E-state index in [0.29, 0.717) is 12.6 Å². The Balaban J connectivity index is 1.80. The van der Waals surface area contributed by atoms with E-state index in [-0.39, 0.29) is 11.8 Å². The minimum atomic E-state index is 0.174. The molecular weight excluding hydrogens is 220 g/mol. The summed E-state index contributed by atoms with van der Waals surface area (Å²) < 4.78 is 0. The molecule has 0 aromatic carbocycles. The highest BCUT2D eigenvalue weighted by atomic mass is 32.1. The zero-order valence-corrected chi connectivity index (χ0v) is 10.1. The van der Waals surface area contributed by atoms with Crippen LogP contribution in [0, 0.1) is 0 Å². The fourth-order valence-corrected chi connectivity index (χ4v) is 2.83. The molecule has 0 spiro atoms. The lowest BCUT2D eigenvalue weighted by atomic mass is 9.91. The summed E-state index contributed by atoms with van der Waals surface area (Å²) in [6.45, 7) is 0.416. The van der Waals surface area contributed by atoms with Crippen molar-refractivity contribution in [1.82, 2.24) is 5.32 Å². The Morgan fingerprint density at radius 1 is 1.50 bits per heavy atom. The number of carbonyl (C=O) groups excluding carboxylic acids is 1. The van der Waals surface area contributed by atoms with Crippen LogP contribution in [0.15, 0.2) is 17.5 Å². The summed E-state index contributed by atoms with van der Waals surface area (Å²) in [6, 6.07) is 4.31. The molecule has 2 rings (SSSR count). The molecule has 0 aliphatic heterocycles. The van der Waals surface area contributed by atoms with E-state index in [0.717, 1.165) is 17.7 Å². The van der Waals surface area contributed by atoms with E-state index in [2.05, 4.69) is 5.32 Å². The van der Waals surface area contributed by atoms with Crippen molar-refractivity contribution in [3.63, 3.8) is 0 Å². The first-order valence-corrected chi connectivity index (χ1v) is 6.71. The number of carbonyl (C=O) groups is 1. The van der Waals surface area contributed by atoms with Gasteiger partial charge in [-0.05, 0) is 24.3 Å². The molecule has 3 N–H and O–H groups in total. The molecule has 88 valence electrons. The molecule has 0 amide bonds. The fourth-order valence-electron chi connectivity index (χ4n) is 2.16. The normalized spacial score (nSPS) is 25.6. The number of rotatable bonds is 4. The van der Waals surface area contributed by atoms with Gasteiger partial charge in [-0.15, -0.1) is 11.3 Å². The van der Waals surface area contributed by atoms with Crippen molar-refractivity contribution in [3.05, 3.63) is 22.4 Å². The molecule has 16 heavy (non-hydrogen) atoms. The zero-order chi connectivity index (χ0) is 11.4. The van der Waals surface area contributed by atoms with Crippen LogP contribution in [0.3, 0.4) is 0 Å². The smallest absolute Gasteiger partial charge is 0.186 e. The van der Waals surface area contributed by atoms with Crippen molar-refractivity contribution in [2.24, 2.45) is 5.73 Å². The van der Waals surface area contributed by atoms with Gasteiger partial charge in [0.2, 0.25) is 0 Å². The van der Waals surface area contributed by atoms with E-state index in [9.17, 15) is 4.79 Å². The van der Waals surface area contributed by atoms with E-state index in [4.69, 9.17) is 5.73 Å². The number of nitrogens with one attached hydrogen (secondary N) is 1. The largest absolute Gasteiger partial charge is 0.326 e. The molecular formula is C12H18N2OS. The second-order valence-corrected chi connectivity index (χ2v) is 5.28. The Morgan fingerprint density at radius 3 is 3.00 bits per heavy atom. The predicted molar refractivity (Wildman–Crippen MR) is 66.9 cm³/mol. The average Bonchev–Trinajstić information content (AvgIpc) is 2.81. The summed E-state index contributed by atoms with van der Waals surface area (Å²) in [4.78, 5) is 12.6. The Morgan fingerprint density at radius 2 is 2.31 bits per heavy atom. The second-order valence-electron chi connectivity index (χ2n) is 4.34. The lowest BCUT2D eigenvalue weighted by Crippen LogP contribution is -2.48. The van der Waals surface area contributed by atoms with Crippen LogP contribution >= 0.6 is 11.3 Å². The molecule has 1 aliphatic carbocycles. The third-order valence-electron chi connectivity index (χ3n) is 3.14. The number of ketones is 1. The topological polar surface area (TPSA) is 55.1 Å². The number of thiophene rings is 1. The second kappa shape index (κ2) is 5.57. The van der Waals surface area contributed by atoms with Gasteiger partial charge in [-0.25, -0.2) is 0 Å². The molecule has 2 atom stereocenters. The number of hydrogen-bond donors (Lipinski definition) is 2. The first-order valence-electron chi connectivity index (χ1n) is 5.83. The predicted octanol–water partition coefficient (Wildman–Crippen LogP) is 1.79. The highest BCUT2D eigenvalue weighted by Crippen LogP contribution is 2.17. The zero-order valence-electron chi connectivity index (χ0n) is 9.32. The van der Waals surface area contributed by atoms with Gasteiger partial charge in [-0.3, -0.25) is 4.79 Å². The Kier molecular flexibility index (Phi) is 4.09. The molecule has 3 nitrogen and oxygen atoms in total. The molecule has 0 saturated heterocycles. The maximum atomic E-state index is 11.8. The molecule has 1 fully saturated rings. The highest BCUT2D eigenvalue weighted by Gasteiger charge is 2.21. The van der Waals surface area contributed by atoms with Crippen LogP contribution in [-0.2, 0) is 0 Å². The maximum absolute atomic E-state index is 11.8. The molecule has 1 heterocycles. The first-order chi connectivity index (χ1) is 7.77. The van der Waals surface area contributed by atoms with Crippen LogP contribution in [0.5, 0.6) is 0 Å². The summed E-state index contributed by atoms with van der Waals surface area (Å²) in [6.07, 6.45) is 4.61. The van der Waals surface area contributed by atoms with Crippen LogP contribution in [0.4, 0.5) is 0 Å². The van der Waals surface area contributed by atoms with Crippen molar-refractivity contribution in [1.29, 1.82) is 0 Å². The fraction of sp³-hybridized carbons (Fsp3) is 0.583. The minimum absolute atomic E-state index is 0.174. The van der Waals surface area contributed by atoms with Crippen LogP contribution in [0.2, 0.25) is 0 Å². The third-order valence-corrected chi connectivity index (χ3v) is 4.05. The van der Waals surface area contributed by atoms with Crippen LogP contribution in [0.25, 0.3) is 0 Å². The first kappa shape index (κ1) is 11.8. The standard InChI is InChI=1S/C12H18N2OS/c13-9-4-1-2-5-10(9)14-8-11(15)12-6-3-7-16-12/h3,6-7,9-10,14H,1-2,4-5,8,13H2/t9-,10+/m0/s1. The molecule has 0 unspecified atom stereocenters. The van der Waals surface area contributed by atoms with Crippen molar-refractivity contribution >= 4 is 17.1 Å². The summed E-state index contributed by atoms with van der Waals surface area (Å²) in [5.74, 6) is 0.174. The van der Waals surface area contributed by atoms with Gasteiger partial charge >= 0.3 is 0 Å². The SMILES string of the molecule is N[C@H]1CCCC[C@H]1NCC(=O)c1cccs1. The summed E-state index contributed by atoms with van der Waals surface area (Å²) in [7, 11) is 0. The van der Waals surface area contributed by atoms with Crippen LogP contribution < -0.4 is 11.1 Å². The van der Waals surface area contributed by atoms with Gasteiger partial charge in [0.25, 0.3) is 0 Å². The van der Waals surface area contributed by atoms with Gasteiger partial charge in [0, 0.05) is 12.1 Å². The van der Waals surface area contributed by atoms with Crippen molar-refractivity contribution in [2.45, 2.75) is 37.8 Å². The van der Waals surface area contributed by atoms with Gasteiger partial charge in [-0.1, -0.05) is 18.9 Å². The van der Waals surface area contributed by atoms with Crippen LogP contribution in [-0.4, -0.2) is 24.4 Å². The monoisotopic (exact) mass is 238 g/mol. The molecule has 4 heteroatoms. The van der Waals surface area contributed by atoms with Crippen LogP contribution in [0.1, 0.15) is 35.4 Å². The minimum Gasteiger partial charge on any atom is -0.326 e. The quantitative estimate of drug-likeness (QED) is 0.786. The summed E-state index contributed by atoms with van der Waals surface area (Å²) in [5.41, 5.74) is 6.01. The van der Waals surface area contributed by atoms with Gasteiger partial charge in [0.05, 0.1) is 11.4 Å². The molecule has 1 aliphatic rings. The molecule has 1 saturated carbocycles. The summed E-state index contributed by atoms with van der Waals surface area (Å²) >= 11 is 1.50. The third kappa shape index (κ3) is 2.90. The Labute approximate surface area is 100 Å². The summed E-state index contributed by atoms with van der Waals surface area (Å²) in [5, 5.41) is 5.22. The van der Waals surface area contributed by atoms with Gasteiger partial charge in [0.15, 0.2) is 5.78 Å².